The molecule has 0 radical (unpaired) electrons. The summed E-state index contributed by atoms with van der Waals surface area (Å²) in [6, 6.07) is 10.4. The van der Waals surface area contributed by atoms with E-state index in [0.29, 0.717) is 19.4 Å². The zero-order chi connectivity index (χ0) is 19.9. The van der Waals surface area contributed by atoms with E-state index in [4.69, 9.17) is 4.74 Å². The monoisotopic (exact) mass is 382 g/mol. The average molecular weight is 382 g/mol. The minimum absolute atomic E-state index is 0.0518. The Bertz CT molecular complexity index is 898. The molecule has 4 nitrogen and oxygen atoms in total. The highest BCUT2D eigenvalue weighted by atomic mass is 19.1. The van der Waals surface area contributed by atoms with Crippen LogP contribution >= 0.6 is 0 Å². The average Bonchev–Trinajstić information content (AvgIpc) is 3.39. The fourth-order valence-corrected chi connectivity index (χ4v) is 3.83. The van der Waals surface area contributed by atoms with Gasteiger partial charge in [-0.2, -0.15) is 0 Å². The number of amides is 1. The van der Waals surface area contributed by atoms with Gasteiger partial charge in [-0.05, 0) is 81.0 Å². The number of rotatable bonds is 4. The summed E-state index contributed by atoms with van der Waals surface area (Å²) in [5.74, 6) is 0.658. The first-order valence-corrected chi connectivity index (χ1v) is 9.96. The summed E-state index contributed by atoms with van der Waals surface area (Å²) in [7, 11) is 0. The van der Waals surface area contributed by atoms with E-state index < -0.39 is 5.67 Å². The van der Waals surface area contributed by atoms with Crippen molar-refractivity contribution in [2.45, 2.75) is 52.1 Å². The van der Waals surface area contributed by atoms with Crippen molar-refractivity contribution in [3.05, 3.63) is 47.0 Å². The SMILES string of the molecule is Cc1ccc2c(c1)OCCCN2c1cc(C)c(NC(=O)CC2(F)CC2)c(C)c1. The third-order valence-corrected chi connectivity index (χ3v) is 5.55. The third kappa shape index (κ3) is 3.84. The van der Waals surface area contributed by atoms with Crippen LogP contribution < -0.4 is 15.0 Å². The van der Waals surface area contributed by atoms with Gasteiger partial charge in [-0.15, -0.1) is 0 Å². The highest BCUT2D eigenvalue weighted by molar-refractivity contribution is 5.93. The molecule has 148 valence electrons. The lowest BCUT2D eigenvalue weighted by molar-refractivity contribution is -0.117. The van der Waals surface area contributed by atoms with Crippen molar-refractivity contribution in [3.8, 4) is 5.75 Å². The smallest absolute Gasteiger partial charge is 0.227 e. The van der Waals surface area contributed by atoms with E-state index in [1.165, 1.54) is 5.56 Å². The van der Waals surface area contributed by atoms with Gasteiger partial charge < -0.3 is 15.0 Å². The molecule has 0 bridgehead atoms. The van der Waals surface area contributed by atoms with Crippen LogP contribution in [0.15, 0.2) is 30.3 Å². The Hall–Kier alpha value is -2.56. The molecule has 1 aliphatic heterocycles. The molecule has 2 aromatic rings. The van der Waals surface area contributed by atoms with Gasteiger partial charge in [0, 0.05) is 17.9 Å². The maximum atomic E-state index is 13.9. The van der Waals surface area contributed by atoms with Crippen LogP contribution in [-0.4, -0.2) is 24.7 Å². The van der Waals surface area contributed by atoms with E-state index in [9.17, 15) is 9.18 Å². The highest BCUT2D eigenvalue weighted by Crippen LogP contribution is 2.43. The Morgan fingerprint density at radius 2 is 1.89 bits per heavy atom. The number of fused-ring (bicyclic) bond motifs is 1. The molecule has 2 aromatic carbocycles. The molecule has 0 unspecified atom stereocenters. The van der Waals surface area contributed by atoms with Gasteiger partial charge in [0.15, 0.2) is 0 Å². The number of carbonyl (C=O) groups excluding carboxylic acids is 1. The lowest BCUT2D eigenvalue weighted by Gasteiger charge is -2.26. The zero-order valence-electron chi connectivity index (χ0n) is 16.8. The lowest BCUT2D eigenvalue weighted by Crippen LogP contribution is -2.20. The second kappa shape index (κ2) is 7.12. The van der Waals surface area contributed by atoms with Gasteiger partial charge in [0.05, 0.1) is 18.7 Å². The van der Waals surface area contributed by atoms with Crippen LogP contribution in [0.5, 0.6) is 5.75 Å². The van der Waals surface area contributed by atoms with Crippen molar-refractivity contribution in [3.63, 3.8) is 0 Å². The molecule has 1 heterocycles. The number of hydrogen-bond acceptors (Lipinski definition) is 3. The number of nitrogens with one attached hydrogen (secondary N) is 1. The zero-order valence-corrected chi connectivity index (χ0v) is 16.8. The first-order valence-electron chi connectivity index (χ1n) is 9.96. The van der Waals surface area contributed by atoms with E-state index in [1.807, 2.05) is 13.8 Å². The molecule has 0 spiro atoms. The standard InChI is InChI=1S/C23H27FN2O2/c1-15-5-6-19-20(11-15)28-10-4-9-26(19)18-12-16(2)22(17(3)13-18)25-21(27)14-23(24)7-8-23/h5-6,11-13H,4,7-10,14H2,1-3H3,(H,25,27). The van der Waals surface area contributed by atoms with Crippen molar-refractivity contribution >= 4 is 23.0 Å². The Balaban J connectivity index is 1.62. The molecular formula is C23H27FN2O2. The summed E-state index contributed by atoms with van der Waals surface area (Å²) in [5.41, 5.74) is 4.77. The largest absolute Gasteiger partial charge is 0.491 e. The first-order chi connectivity index (χ1) is 13.3. The second-order valence-electron chi connectivity index (χ2n) is 8.16. The molecule has 4 rings (SSSR count). The fourth-order valence-electron chi connectivity index (χ4n) is 3.83. The van der Waals surface area contributed by atoms with Crippen LogP contribution in [0.3, 0.4) is 0 Å². The first kappa shape index (κ1) is 18.8. The van der Waals surface area contributed by atoms with Gasteiger partial charge in [0.2, 0.25) is 5.91 Å². The van der Waals surface area contributed by atoms with Gasteiger partial charge in [-0.25, -0.2) is 4.39 Å². The number of benzene rings is 2. The molecule has 1 saturated carbocycles. The Morgan fingerprint density at radius 1 is 1.18 bits per heavy atom. The molecule has 0 saturated heterocycles. The number of hydrogen-bond donors (Lipinski definition) is 1. The van der Waals surface area contributed by atoms with Gasteiger partial charge in [-0.1, -0.05) is 6.07 Å². The molecule has 1 N–H and O–H groups in total. The van der Waals surface area contributed by atoms with Crippen LogP contribution in [0.25, 0.3) is 0 Å². The summed E-state index contributed by atoms with van der Waals surface area (Å²) in [6.45, 7) is 7.60. The van der Waals surface area contributed by atoms with Crippen molar-refractivity contribution in [1.29, 1.82) is 0 Å². The quantitative estimate of drug-likeness (QED) is 0.774. The highest BCUT2D eigenvalue weighted by Gasteiger charge is 2.45. The lowest BCUT2D eigenvalue weighted by atomic mass is 10.1. The molecule has 0 aromatic heterocycles. The molecule has 5 heteroatoms. The van der Waals surface area contributed by atoms with Crippen LogP contribution in [0.1, 0.15) is 42.4 Å². The van der Waals surface area contributed by atoms with E-state index in [1.54, 1.807) is 0 Å². The van der Waals surface area contributed by atoms with Gasteiger partial charge in [0.25, 0.3) is 0 Å². The molecule has 0 atom stereocenters. The summed E-state index contributed by atoms with van der Waals surface area (Å²) >= 11 is 0. The number of ether oxygens (including phenoxy) is 1. The number of aryl methyl sites for hydroxylation is 3. The number of carbonyl (C=O) groups is 1. The number of halogens is 1. The predicted octanol–water partition coefficient (Wildman–Crippen LogP) is 5.36. The van der Waals surface area contributed by atoms with Gasteiger partial charge in [-0.3, -0.25) is 4.79 Å². The minimum Gasteiger partial charge on any atom is -0.491 e. The summed E-state index contributed by atoms with van der Waals surface area (Å²) in [4.78, 5) is 14.5. The summed E-state index contributed by atoms with van der Waals surface area (Å²) < 4.78 is 19.8. The Labute approximate surface area is 165 Å². The van der Waals surface area contributed by atoms with Crippen molar-refractivity contribution < 1.29 is 13.9 Å². The predicted molar refractivity (Wildman–Crippen MR) is 111 cm³/mol. The molecular weight excluding hydrogens is 355 g/mol. The van der Waals surface area contributed by atoms with Gasteiger partial charge >= 0.3 is 0 Å². The second-order valence-corrected chi connectivity index (χ2v) is 8.16. The minimum atomic E-state index is -1.28. The normalized spacial score (nSPS) is 17.4. The van der Waals surface area contributed by atoms with E-state index in [-0.39, 0.29) is 12.3 Å². The fraction of sp³-hybridized carbons (Fsp3) is 0.435. The van der Waals surface area contributed by atoms with E-state index in [0.717, 1.165) is 46.9 Å². The van der Waals surface area contributed by atoms with Crippen LogP contribution in [0, 0.1) is 20.8 Å². The number of nitrogens with zero attached hydrogens (tertiary/aromatic N) is 1. The van der Waals surface area contributed by atoms with Gasteiger partial charge in [0.1, 0.15) is 11.4 Å². The van der Waals surface area contributed by atoms with E-state index >= 15 is 0 Å². The topological polar surface area (TPSA) is 41.6 Å². The van der Waals surface area contributed by atoms with Crippen molar-refractivity contribution in [2.24, 2.45) is 0 Å². The summed E-state index contributed by atoms with van der Waals surface area (Å²) in [6.07, 6.45) is 1.87. The van der Waals surface area contributed by atoms with Crippen LogP contribution in [-0.2, 0) is 4.79 Å². The Morgan fingerprint density at radius 3 is 2.57 bits per heavy atom. The number of alkyl halides is 1. The molecule has 1 fully saturated rings. The summed E-state index contributed by atoms with van der Waals surface area (Å²) in [5, 5.41) is 2.92. The number of anilines is 3. The van der Waals surface area contributed by atoms with E-state index in [2.05, 4.69) is 47.5 Å². The Kier molecular flexibility index (Phi) is 4.77. The molecule has 1 aliphatic carbocycles. The molecule has 1 amide bonds. The molecule has 28 heavy (non-hydrogen) atoms. The van der Waals surface area contributed by atoms with Crippen LogP contribution in [0.2, 0.25) is 0 Å². The van der Waals surface area contributed by atoms with Crippen LogP contribution in [0.4, 0.5) is 21.5 Å². The van der Waals surface area contributed by atoms with Crippen molar-refractivity contribution in [2.75, 3.05) is 23.4 Å². The maximum absolute atomic E-state index is 13.9. The molecule has 2 aliphatic rings. The maximum Gasteiger partial charge on any atom is 0.227 e. The third-order valence-electron chi connectivity index (χ3n) is 5.55. The van der Waals surface area contributed by atoms with Crippen molar-refractivity contribution in [1.82, 2.24) is 0 Å².